The SMILES string of the molecule is O=C(Oc1ccc(F)cc1)c1cccc2ncoc12. The molecule has 3 aromatic rings. The Morgan fingerprint density at radius 3 is 2.74 bits per heavy atom. The standard InChI is InChI=1S/C14H8FNO3/c15-9-4-6-10(7-5-9)19-14(17)11-2-1-3-12-13(11)18-8-16-12/h1-8H. The van der Waals surface area contributed by atoms with E-state index in [1.807, 2.05) is 0 Å². The van der Waals surface area contributed by atoms with Gasteiger partial charge in [0, 0.05) is 0 Å². The number of carbonyl (C=O) groups excluding carboxylic acids is 1. The van der Waals surface area contributed by atoms with Gasteiger partial charge in [-0.25, -0.2) is 14.2 Å². The van der Waals surface area contributed by atoms with Crippen LogP contribution in [0.4, 0.5) is 4.39 Å². The molecule has 2 aromatic carbocycles. The summed E-state index contributed by atoms with van der Waals surface area (Å²) in [5.41, 5.74) is 1.22. The van der Waals surface area contributed by atoms with Gasteiger partial charge in [-0.3, -0.25) is 0 Å². The molecule has 1 heterocycles. The summed E-state index contributed by atoms with van der Waals surface area (Å²) in [5, 5.41) is 0. The van der Waals surface area contributed by atoms with E-state index in [4.69, 9.17) is 9.15 Å². The number of rotatable bonds is 2. The summed E-state index contributed by atoms with van der Waals surface area (Å²) in [4.78, 5) is 16.0. The van der Waals surface area contributed by atoms with Gasteiger partial charge < -0.3 is 9.15 Å². The van der Waals surface area contributed by atoms with Crippen LogP contribution in [0.2, 0.25) is 0 Å². The Balaban J connectivity index is 1.92. The van der Waals surface area contributed by atoms with Crippen molar-refractivity contribution in [3.63, 3.8) is 0 Å². The van der Waals surface area contributed by atoms with E-state index >= 15 is 0 Å². The minimum absolute atomic E-state index is 0.267. The number of ether oxygens (including phenoxy) is 1. The Morgan fingerprint density at radius 2 is 1.95 bits per heavy atom. The van der Waals surface area contributed by atoms with Gasteiger partial charge in [-0.15, -0.1) is 0 Å². The van der Waals surface area contributed by atoms with Gasteiger partial charge in [0.2, 0.25) is 0 Å². The quantitative estimate of drug-likeness (QED) is 0.522. The van der Waals surface area contributed by atoms with E-state index in [2.05, 4.69) is 4.98 Å². The van der Waals surface area contributed by atoms with Crippen molar-refractivity contribution in [3.05, 3.63) is 60.2 Å². The first kappa shape index (κ1) is 11.4. The summed E-state index contributed by atoms with van der Waals surface area (Å²) >= 11 is 0. The van der Waals surface area contributed by atoms with Crippen LogP contribution in [0.15, 0.2) is 53.3 Å². The molecule has 0 unspecified atom stereocenters. The van der Waals surface area contributed by atoms with Gasteiger partial charge in [0.05, 0.1) is 0 Å². The predicted octanol–water partition coefficient (Wildman–Crippen LogP) is 3.19. The van der Waals surface area contributed by atoms with E-state index in [1.165, 1.54) is 30.7 Å². The first-order chi connectivity index (χ1) is 9.24. The summed E-state index contributed by atoms with van der Waals surface area (Å²) in [5.74, 6) is -0.700. The molecule has 19 heavy (non-hydrogen) atoms. The first-order valence-electron chi connectivity index (χ1n) is 5.54. The molecule has 3 rings (SSSR count). The van der Waals surface area contributed by atoms with Crippen LogP contribution in [0.25, 0.3) is 11.1 Å². The number of halogens is 1. The molecule has 0 aliphatic heterocycles. The number of nitrogens with zero attached hydrogens (tertiary/aromatic N) is 1. The predicted molar refractivity (Wildman–Crippen MR) is 65.4 cm³/mol. The van der Waals surface area contributed by atoms with Crippen molar-refractivity contribution in [1.29, 1.82) is 0 Å². The number of benzene rings is 2. The van der Waals surface area contributed by atoms with Gasteiger partial charge in [0.25, 0.3) is 0 Å². The average molecular weight is 257 g/mol. The molecule has 0 radical (unpaired) electrons. The van der Waals surface area contributed by atoms with Crippen molar-refractivity contribution in [1.82, 2.24) is 4.98 Å². The number of esters is 1. The van der Waals surface area contributed by atoms with Crippen molar-refractivity contribution in [2.45, 2.75) is 0 Å². The lowest BCUT2D eigenvalue weighted by Gasteiger charge is -2.04. The largest absolute Gasteiger partial charge is 0.443 e. The smallest absolute Gasteiger partial charge is 0.347 e. The Kier molecular flexibility index (Phi) is 2.72. The van der Waals surface area contributed by atoms with Gasteiger partial charge in [-0.05, 0) is 36.4 Å². The summed E-state index contributed by atoms with van der Waals surface area (Å²) in [6.07, 6.45) is 1.26. The molecule has 0 bridgehead atoms. The van der Waals surface area contributed by atoms with Crippen LogP contribution in [0, 0.1) is 5.82 Å². The average Bonchev–Trinajstić information content (AvgIpc) is 2.89. The van der Waals surface area contributed by atoms with Crippen LogP contribution < -0.4 is 4.74 Å². The van der Waals surface area contributed by atoms with Crippen molar-refractivity contribution in [3.8, 4) is 5.75 Å². The van der Waals surface area contributed by atoms with Crippen LogP contribution in [0.5, 0.6) is 5.75 Å². The summed E-state index contributed by atoms with van der Waals surface area (Å²) in [6.45, 7) is 0. The van der Waals surface area contributed by atoms with Gasteiger partial charge in [-0.2, -0.15) is 0 Å². The zero-order valence-corrected chi connectivity index (χ0v) is 9.67. The monoisotopic (exact) mass is 257 g/mol. The lowest BCUT2D eigenvalue weighted by Crippen LogP contribution is -2.08. The zero-order valence-electron chi connectivity index (χ0n) is 9.67. The van der Waals surface area contributed by atoms with Crippen LogP contribution in [-0.4, -0.2) is 11.0 Å². The summed E-state index contributed by atoms with van der Waals surface area (Å²) in [7, 11) is 0. The molecule has 0 aliphatic carbocycles. The molecule has 0 saturated carbocycles. The van der Waals surface area contributed by atoms with Gasteiger partial charge in [0.1, 0.15) is 22.6 Å². The van der Waals surface area contributed by atoms with Crippen molar-refractivity contribution in [2.24, 2.45) is 0 Å². The Morgan fingerprint density at radius 1 is 1.16 bits per heavy atom. The maximum absolute atomic E-state index is 12.7. The third-order valence-corrected chi connectivity index (χ3v) is 2.60. The van der Waals surface area contributed by atoms with Crippen LogP contribution in [0.3, 0.4) is 0 Å². The van der Waals surface area contributed by atoms with E-state index in [0.717, 1.165) is 0 Å². The van der Waals surface area contributed by atoms with Gasteiger partial charge >= 0.3 is 5.97 Å². The fourth-order valence-corrected chi connectivity index (χ4v) is 1.71. The molecular formula is C14H8FNO3. The highest BCUT2D eigenvalue weighted by Gasteiger charge is 2.15. The van der Waals surface area contributed by atoms with E-state index in [0.29, 0.717) is 11.1 Å². The Bertz CT molecular complexity index is 734. The molecule has 1 aromatic heterocycles. The topological polar surface area (TPSA) is 52.3 Å². The zero-order chi connectivity index (χ0) is 13.2. The Hall–Kier alpha value is -2.69. The molecule has 0 saturated heterocycles. The highest BCUT2D eigenvalue weighted by atomic mass is 19.1. The van der Waals surface area contributed by atoms with Crippen molar-refractivity contribution >= 4 is 17.1 Å². The molecule has 5 heteroatoms. The molecule has 0 spiro atoms. The number of aromatic nitrogens is 1. The summed E-state index contributed by atoms with van der Waals surface area (Å²) in [6, 6.07) is 10.2. The fraction of sp³-hybridized carbons (Fsp3) is 0. The van der Waals surface area contributed by atoms with Crippen LogP contribution >= 0.6 is 0 Å². The molecule has 0 amide bonds. The molecule has 0 aliphatic rings. The highest BCUT2D eigenvalue weighted by molar-refractivity contribution is 6.01. The number of carbonyl (C=O) groups is 1. The third-order valence-electron chi connectivity index (χ3n) is 2.60. The van der Waals surface area contributed by atoms with E-state index in [1.54, 1.807) is 18.2 Å². The number of para-hydroxylation sites is 1. The first-order valence-corrected chi connectivity index (χ1v) is 5.54. The van der Waals surface area contributed by atoms with Crippen molar-refractivity contribution < 1.29 is 18.3 Å². The molecule has 0 N–H and O–H groups in total. The lowest BCUT2D eigenvalue weighted by molar-refractivity contribution is 0.0735. The number of hydrogen-bond donors (Lipinski definition) is 0. The number of hydrogen-bond acceptors (Lipinski definition) is 4. The number of fused-ring (bicyclic) bond motifs is 1. The maximum Gasteiger partial charge on any atom is 0.347 e. The molecule has 4 nitrogen and oxygen atoms in total. The minimum Gasteiger partial charge on any atom is -0.443 e. The third kappa shape index (κ3) is 2.18. The van der Waals surface area contributed by atoms with Crippen molar-refractivity contribution in [2.75, 3.05) is 0 Å². The normalized spacial score (nSPS) is 10.6. The molecule has 0 fully saturated rings. The lowest BCUT2D eigenvalue weighted by atomic mass is 10.2. The van der Waals surface area contributed by atoms with Gasteiger partial charge in [-0.1, -0.05) is 6.07 Å². The van der Waals surface area contributed by atoms with Crippen LogP contribution in [-0.2, 0) is 0 Å². The minimum atomic E-state index is -0.575. The second kappa shape index (κ2) is 4.53. The maximum atomic E-state index is 12.7. The molecular weight excluding hydrogens is 249 g/mol. The van der Waals surface area contributed by atoms with E-state index < -0.39 is 11.8 Å². The highest BCUT2D eigenvalue weighted by Crippen LogP contribution is 2.20. The van der Waals surface area contributed by atoms with E-state index in [9.17, 15) is 9.18 Å². The van der Waals surface area contributed by atoms with E-state index in [-0.39, 0.29) is 11.3 Å². The fourth-order valence-electron chi connectivity index (χ4n) is 1.71. The second-order valence-corrected chi connectivity index (χ2v) is 3.85. The van der Waals surface area contributed by atoms with Gasteiger partial charge in [0.15, 0.2) is 12.0 Å². The molecule has 0 atom stereocenters. The molecule has 94 valence electrons. The number of oxazole rings is 1. The summed E-state index contributed by atoms with van der Waals surface area (Å²) < 4.78 is 23.0. The second-order valence-electron chi connectivity index (χ2n) is 3.85. The Labute approximate surface area is 107 Å². The van der Waals surface area contributed by atoms with Crippen LogP contribution in [0.1, 0.15) is 10.4 Å².